The molecule has 0 spiro atoms. The molecule has 3 nitrogen and oxygen atoms in total. The molecule has 100 valence electrons. The molecule has 0 unspecified atom stereocenters. The van der Waals surface area contributed by atoms with Gasteiger partial charge in [0.1, 0.15) is 0 Å². The fraction of sp³-hybridized carbons (Fsp3) is 0.0625. The molecule has 3 aromatic rings. The standard InChI is InChI=1S/C16H14ClN3/c1-10-4-2-6-12(17)15(10)20-14-8-7-13(18)16-11(14)5-3-9-19-16/h2-9,20H,18H2,1H3. The van der Waals surface area contributed by atoms with Crippen LogP contribution >= 0.6 is 11.6 Å². The van der Waals surface area contributed by atoms with Gasteiger partial charge < -0.3 is 11.1 Å². The smallest absolute Gasteiger partial charge is 0.0951 e. The van der Waals surface area contributed by atoms with Crippen LogP contribution in [0.2, 0.25) is 5.02 Å². The minimum absolute atomic E-state index is 0.669. The van der Waals surface area contributed by atoms with Crippen LogP contribution in [0.5, 0.6) is 0 Å². The summed E-state index contributed by atoms with van der Waals surface area (Å²) in [5, 5.41) is 5.06. The number of aromatic nitrogens is 1. The van der Waals surface area contributed by atoms with Crippen molar-refractivity contribution in [1.82, 2.24) is 4.98 Å². The van der Waals surface area contributed by atoms with Gasteiger partial charge in [-0.15, -0.1) is 0 Å². The van der Waals surface area contributed by atoms with Crippen molar-refractivity contribution < 1.29 is 0 Å². The van der Waals surface area contributed by atoms with E-state index in [4.69, 9.17) is 17.3 Å². The predicted octanol–water partition coefficient (Wildman–Crippen LogP) is 4.52. The highest BCUT2D eigenvalue weighted by molar-refractivity contribution is 6.33. The molecule has 4 heteroatoms. The first-order valence-corrected chi connectivity index (χ1v) is 6.70. The highest BCUT2D eigenvalue weighted by atomic mass is 35.5. The number of fused-ring (bicyclic) bond motifs is 1. The largest absolute Gasteiger partial charge is 0.397 e. The van der Waals surface area contributed by atoms with E-state index >= 15 is 0 Å². The molecule has 1 heterocycles. The van der Waals surface area contributed by atoms with Crippen molar-refractivity contribution >= 4 is 39.6 Å². The molecular formula is C16H14ClN3. The summed E-state index contributed by atoms with van der Waals surface area (Å²) in [6.45, 7) is 2.02. The molecular weight excluding hydrogens is 270 g/mol. The topological polar surface area (TPSA) is 50.9 Å². The average molecular weight is 284 g/mol. The van der Waals surface area contributed by atoms with Crippen molar-refractivity contribution in [2.75, 3.05) is 11.1 Å². The van der Waals surface area contributed by atoms with E-state index in [-0.39, 0.29) is 0 Å². The van der Waals surface area contributed by atoms with E-state index in [0.29, 0.717) is 10.7 Å². The SMILES string of the molecule is Cc1cccc(Cl)c1Nc1ccc(N)c2ncccc12. The molecule has 0 saturated heterocycles. The van der Waals surface area contributed by atoms with E-state index in [0.717, 1.165) is 27.8 Å². The van der Waals surface area contributed by atoms with E-state index in [1.165, 1.54) is 0 Å². The van der Waals surface area contributed by atoms with E-state index < -0.39 is 0 Å². The maximum Gasteiger partial charge on any atom is 0.0951 e. The van der Waals surface area contributed by atoms with Gasteiger partial charge in [-0.1, -0.05) is 23.7 Å². The third-order valence-corrected chi connectivity index (χ3v) is 3.60. The Morgan fingerprint density at radius 3 is 2.75 bits per heavy atom. The second-order valence-corrected chi connectivity index (χ2v) is 5.07. The Morgan fingerprint density at radius 2 is 1.95 bits per heavy atom. The summed E-state index contributed by atoms with van der Waals surface area (Å²) in [6, 6.07) is 13.5. The summed E-state index contributed by atoms with van der Waals surface area (Å²) in [5.41, 5.74) is 10.4. The molecule has 3 N–H and O–H groups in total. The van der Waals surface area contributed by atoms with Crippen molar-refractivity contribution in [3.8, 4) is 0 Å². The van der Waals surface area contributed by atoms with Crippen LogP contribution in [0.1, 0.15) is 5.56 Å². The number of nitrogens with zero attached hydrogens (tertiary/aromatic N) is 1. The number of rotatable bonds is 2. The van der Waals surface area contributed by atoms with Gasteiger partial charge in [-0.3, -0.25) is 4.98 Å². The quantitative estimate of drug-likeness (QED) is 0.680. The lowest BCUT2D eigenvalue weighted by Gasteiger charge is -2.14. The van der Waals surface area contributed by atoms with Crippen LogP contribution in [-0.2, 0) is 0 Å². The maximum atomic E-state index is 6.26. The molecule has 1 aromatic heterocycles. The van der Waals surface area contributed by atoms with Crippen LogP contribution in [-0.4, -0.2) is 4.98 Å². The fourth-order valence-electron chi connectivity index (χ4n) is 2.23. The second-order valence-electron chi connectivity index (χ2n) is 4.66. The van der Waals surface area contributed by atoms with Gasteiger partial charge in [-0.05, 0) is 42.8 Å². The first kappa shape index (κ1) is 12.8. The molecule has 0 saturated carbocycles. The predicted molar refractivity (Wildman–Crippen MR) is 85.6 cm³/mol. The molecule has 0 aliphatic carbocycles. The normalized spacial score (nSPS) is 10.7. The summed E-state index contributed by atoms with van der Waals surface area (Å²) in [7, 11) is 0. The van der Waals surface area contributed by atoms with Gasteiger partial charge >= 0.3 is 0 Å². The lowest BCUT2D eigenvalue weighted by molar-refractivity contribution is 1.40. The Balaban J connectivity index is 2.14. The van der Waals surface area contributed by atoms with Gasteiger partial charge in [0.05, 0.1) is 21.9 Å². The van der Waals surface area contributed by atoms with Crippen molar-refractivity contribution in [1.29, 1.82) is 0 Å². The van der Waals surface area contributed by atoms with Gasteiger partial charge in [-0.2, -0.15) is 0 Å². The summed E-state index contributed by atoms with van der Waals surface area (Å²) in [5.74, 6) is 0. The minimum atomic E-state index is 0.669. The third-order valence-electron chi connectivity index (χ3n) is 3.28. The molecule has 0 aliphatic rings. The Kier molecular flexibility index (Phi) is 3.20. The number of hydrogen-bond donors (Lipinski definition) is 2. The minimum Gasteiger partial charge on any atom is -0.397 e. The highest BCUT2D eigenvalue weighted by Gasteiger charge is 2.08. The van der Waals surface area contributed by atoms with Crippen molar-refractivity contribution in [3.05, 3.63) is 59.2 Å². The Bertz CT molecular complexity index is 764. The zero-order valence-electron chi connectivity index (χ0n) is 11.0. The number of aryl methyl sites for hydroxylation is 1. The number of halogens is 1. The van der Waals surface area contributed by atoms with Crippen molar-refractivity contribution in [3.63, 3.8) is 0 Å². The summed E-state index contributed by atoms with van der Waals surface area (Å²) in [4.78, 5) is 4.33. The van der Waals surface area contributed by atoms with Gasteiger partial charge in [0.15, 0.2) is 0 Å². The number of anilines is 3. The van der Waals surface area contributed by atoms with Gasteiger partial charge in [0.25, 0.3) is 0 Å². The molecule has 0 bridgehead atoms. The number of nitrogen functional groups attached to an aromatic ring is 1. The molecule has 0 amide bonds. The molecule has 0 fully saturated rings. The number of benzene rings is 2. The average Bonchev–Trinajstić information content (AvgIpc) is 2.46. The number of pyridine rings is 1. The Morgan fingerprint density at radius 1 is 1.10 bits per heavy atom. The summed E-state index contributed by atoms with van der Waals surface area (Å²) in [6.07, 6.45) is 1.74. The lowest BCUT2D eigenvalue weighted by Crippen LogP contribution is -1.97. The van der Waals surface area contributed by atoms with Crippen molar-refractivity contribution in [2.24, 2.45) is 0 Å². The lowest BCUT2D eigenvalue weighted by atomic mass is 10.1. The van der Waals surface area contributed by atoms with Gasteiger partial charge in [0.2, 0.25) is 0 Å². The summed E-state index contributed by atoms with van der Waals surface area (Å²) >= 11 is 6.26. The number of para-hydroxylation sites is 1. The van der Waals surface area contributed by atoms with Crippen LogP contribution in [0.3, 0.4) is 0 Å². The van der Waals surface area contributed by atoms with Crippen LogP contribution < -0.4 is 11.1 Å². The van der Waals surface area contributed by atoms with Crippen molar-refractivity contribution in [2.45, 2.75) is 6.92 Å². The second kappa shape index (κ2) is 5.02. The molecule has 0 radical (unpaired) electrons. The van der Waals surface area contributed by atoms with Crippen LogP contribution in [0.4, 0.5) is 17.1 Å². The van der Waals surface area contributed by atoms with Gasteiger partial charge in [0, 0.05) is 17.3 Å². The van der Waals surface area contributed by atoms with Crippen LogP contribution in [0, 0.1) is 6.92 Å². The van der Waals surface area contributed by atoms with Crippen LogP contribution in [0.25, 0.3) is 10.9 Å². The first-order chi connectivity index (χ1) is 9.66. The van der Waals surface area contributed by atoms with Crippen LogP contribution in [0.15, 0.2) is 48.7 Å². The van der Waals surface area contributed by atoms with E-state index in [1.54, 1.807) is 6.20 Å². The molecule has 0 atom stereocenters. The number of nitrogens with two attached hydrogens (primary N) is 1. The summed E-state index contributed by atoms with van der Waals surface area (Å²) < 4.78 is 0. The Labute approximate surface area is 122 Å². The van der Waals surface area contributed by atoms with Gasteiger partial charge in [-0.25, -0.2) is 0 Å². The molecule has 0 aliphatic heterocycles. The zero-order valence-corrected chi connectivity index (χ0v) is 11.8. The van der Waals surface area contributed by atoms with E-state index in [1.807, 2.05) is 49.4 Å². The fourth-order valence-corrected chi connectivity index (χ4v) is 2.50. The number of nitrogens with one attached hydrogen (secondary N) is 1. The highest BCUT2D eigenvalue weighted by Crippen LogP contribution is 2.33. The molecule has 2 aromatic carbocycles. The number of hydrogen-bond acceptors (Lipinski definition) is 3. The Hall–Kier alpha value is -2.26. The molecule has 20 heavy (non-hydrogen) atoms. The maximum absolute atomic E-state index is 6.26. The van der Waals surface area contributed by atoms with E-state index in [2.05, 4.69) is 10.3 Å². The monoisotopic (exact) mass is 283 g/mol. The molecule has 3 rings (SSSR count). The third kappa shape index (κ3) is 2.17. The first-order valence-electron chi connectivity index (χ1n) is 6.32. The zero-order chi connectivity index (χ0) is 14.1. The van der Waals surface area contributed by atoms with E-state index in [9.17, 15) is 0 Å².